The maximum atomic E-state index is 5.90. The van der Waals surface area contributed by atoms with E-state index in [-0.39, 0.29) is 6.04 Å². The molecular formula is C15H16BrClN2. The lowest BCUT2D eigenvalue weighted by atomic mass is 10.0. The second kappa shape index (κ2) is 6.40. The summed E-state index contributed by atoms with van der Waals surface area (Å²) in [4.78, 5) is 4.13. The number of nitrogens with zero attached hydrogens (tertiary/aromatic N) is 1. The maximum Gasteiger partial charge on any atom is 0.143 e. The number of anilines is 1. The fourth-order valence-electron chi connectivity index (χ4n) is 1.92. The molecule has 1 aromatic heterocycles. The second-order valence-corrected chi connectivity index (χ2v) is 5.72. The summed E-state index contributed by atoms with van der Waals surface area (Å²) in [6.45, 7) is 4.26. The molecule has 4 heteroatoms. The van der Waals surface area contributed by atoms with Crippen LogP contribution in [0.5, 0.6) is 0 Å². The predicted molar refractivity (Wildman–Crippen MR) is 84.8 cm³/mol. The molecule has 1 heterocycles. The molecule has 0 radical (unpaired) electrons. The van der Waals surface area contributed by atoms with Crippen LogP contribution in [-0.4, -0.2) is 4.98 Å². The summed E-state index contributed by atoms with van der Waals surface area (Å²) in [5, 5.41) is 3.96. The fourth-order valence-corrected chi connectivity index (χ4v) is 2.37. The van der Waals surface area contributed by atoms with Crippen LogP contribution in [0.3, 0.4) is 0 Å². The van der Waals surface area contributed by atoms with Crippen LogP contribution in [0, 0.1) is 6.92 Å². The first-order valence-corrected chi connectivity index (χ1v) is 7.41. The molecule has 0 aliphatic rings. The van der Waals surface area contributed by atoms with Crippen LogP contribution in [0.15, 0.2) is 41.0 Å². The molecular weight excluding hydrogens is 324 g/mol. The van der Waals surface area contributed by atoms with Gasteiger partial charge in [-0.05, 0) is 40.9 Å². The van der Waals surface area contributed by atoms with Crippen molar-refractivity contribution in [3.8, 4) is 0 Å². The molecule has 0 amide bonds. The van der Waals surface area contributed by atoms with Crippen molar-refractivity contribution in [2.24, 2.45) is 0 Å². The number of benzene rings is 1. The van der Waals surface area contributed by atoms with E-state index in [1.807, 2.05) is 6.07 Å². The van der Waals surface area contributed by atoms with Gasteiger partial charge in [0.15, 0.2) is 0 Å². The predicted octanol–water partition coefficient (Wildman–Crippen LogP) is 5.37. The van der Waals surface area contributed by atoms with Crippen LogP contribution in [0.1, 0.15) is 30.5 Å². The Kier molecular flexibility index (Phi) is 4.83. The third-order valence-electron chi connectivity index (χ3n) is 3.03. The molecule has 19 heavy (non-hydrogen) atoms. The topological polar surface area (TPSA) is 24.9 Å². The maximum absolute atomic E-state index is 5.90. The summed E-state index contributed by atoms with van der Waals surface area (Å²) in [7, 11) is 0. The van der Waals surface area contributed by atoms with Gasteiger partial charge in [0.1, 0.15) is 5.15 Å². The number of hydrogen-bond acceptors (Lipinski definition) is 2. The Bertz CT molecular complexity index is 555. The molecule has 0 aliphatic carbocycles. The first-order chi connectivity index (χ1) is 9.10. The number of aromatic nitrogens is 1. The van der Waals surface area contributed by atoms with Gasteiger partial charge in [-0.3, -0.25) is 0 Å². The van der Waals surface area contributed by atoms with E-state index >= 15 is 0 Å². The van der Waals surface area contributed by atoms with Crippen molar-refractivity contribution in [1.82, 2.24) is 4.98 Å². The van der Waals surface area contributed by atoms with Gasteiger partial charge in [-0.1, -0.05) is 48.4 Å². The number of hydrogen-bond donors (Lipinski definition) is 1. The average molecular weight is 340 g/mol. The largest absolute Gasteiger partial charge is 0.377 e. The summed E-state index contributed by atoms with van der Waals surface area (Å²) < 4.78 is 0.804. The van der Waals surface area contributed by atoms with Crippen molar-refractivity contribution in [3.05, 3.63) is 57.3 Å². The minimum Gasteiger partial charge on any atom is -0.377 e. The van der Waals surface area contributed by atoms with Crippen LogP contribution in [0.2, 0.25) is 5.15 Å². The van der Waals surface area contributed by atoms with E-state index < -0.39 is 0 Å². The molecule has 0 spiro atoms. The van der Waals surface area contributed by atoms with Gasteiger partial charge in [0.2, 0.25) is 0 Å². The molecule has 0 fully saturated rings. The fraction of sp³-hybridized carbons (Fsp3) is 0.267. The highest BCUT2D eigenvalue weighted by Gasteiger charge is 2.10. The smallest absolute Gasteiger partial charge is 0.143 e. The Morgan fingerprint density at radius 1 is 1.32 bits per heavy atom. The molecule has 0 saturated heterocycles. The van der Waals surface area contributed by atoms with Crippen LogP contribution in [-0.2, 0) is 0 Å². The summed E-state index contributed by atoms with van der Waals surface area (Å²) in [5.41, 5.74) is 3.51. The zero-order chi connectivity index (χ0) is 13.8. The van der Waals surface area contributed by atoms with E-state index in [4.69, 9.17) is 11.6 Å². The van der Waals surface area contributed by atoms with E-state index in [0.717, 1.165) is 16.6 Å². The molecule has 1 unspecified atom stereocenters. The third kappa shape index (κ3) is 3.71. The molecule has 2 aromatic rings. The molecule has 1 atom stereocenters. The van der Waals surface area contributed by atoms with Gasteiger partial charge in [0.05, 0.1) is 22.4 Å². The van der Waals surface area contributed by atoms with Crippen LogP contribution >= 0.6 is 27.5 Å². The van der Waals surface area contributed by atoms with Crippen LogP contribution < -0.4 is 5.32 Å². The van der Waals surface area contributed by atoms with Crippen LogP contribution in [0.4, 0.5) is 5.69 Å². The molecule has 0 saturated carbocycles. The highest BCUT2D eigenvalue weighted by atomic mass is 79.9. The second-order valence-electron chi connectivity index (χ2n) is 4.51. The molecule has 2 rings (SSSR count). The zero-order valence-electron chi connectivity index (χ0n) is 11.0. The molecule has 0 bridgehead atoms. The number of aryl methyl sites for hydroxylation is 1. The van der Waals surface area contributed by atoms with Gasteiger partial charge in [0, 0.05) is 0 Å². The van der Waals surface area contributed by atoms with Gasteiger partial charge in [-0.25, -0.2) is 4.98 Å². The Labute approximate surface area is 127 Å². The van der Waals surface area contributed by atoms with Crippen LogP contribution in [0.25, 0.3) is 0 Å². The lowest BCUT2D eigenvalue weighted by Crippen LogP contribution is -2.09. The zero-order valence-corrected chi connectivity index (χ0v) is 13.3. The Hall–Kier alpha value is -1.06. The van der Waals surface area contributed by atoms with Crippen molar-refractivity contribution < 1.29 is 0 Å². The van der Waals surface area contributed by atoms with Crippen molar-refractivity contribution in [3.63, 3.8) is 0 Å². The molecule has 0 aliphatic heterocycles. The molecule has 1 aromatic carbocycles. The van der Waals surface area contributed by atoms with Gasteiger partial charge in [0.25, 0.3) is 0 Å². The molecule has 1 N–H and O–H groups in total. The molecule has 100 valence electrons. The average Bonchev–Trinajstić information content (AvgIpc) is 2.41. The highest BCUT2D eigenvalue weighted by Crippen LogP contribution is 2.27. The Morgan fingerprint density at radius 3 is 2.58 bits per heavy atom. The van der Waals surface area contributed by atoms with Crippen molar-refractivity contribution in [2.45, 2.75) is 26.3 Å². The van der Waals surface area contributed by atoms with Gasteiger partial charge in [-0.2, -0.15) is 0 Å². The monoisotopic (exact) mass is 338 g/mol. The van der Waals surface area contributed by atoms with Gasteiger partial charge >= 0.3 is 0 Å². The van der Waals surface area contributed by atoms with Crippen molar-refractivity contribution in [2.75, 3.05) is 5.32 Å². The Balaban J connectivity index is 2.18. The summed E-state index contributed by atoms with van der Waals surface area (Å²) in [6.07, 6.45) is 2.76. The lowest BCUT2D eigenvalue weighted by molar-refractivity contribution is 0.748. The lowest BCUT2D eigenvalue weighted by Gasteiger charge is -2.19. The first-order valence-electron chi connectivity index (χ1n) is 6.24. The van der Waals surface area contributed by atoms with E-state index in [9.17, 15) is 0 Å². The SMILES string of the molecule is CCC(Nc1cnc(Cl)c(Br)c1)c1ccc(C)cc1. The minimum atomic E-state index is 0.274. The number of halogens is 2. The normalized spacial score (nSPS) is 12.2. The highest BCUT2D eigenvalue weighted by molar-refractivity contribution is 9.10. The molecule has 2 nitrogen and oxygen atoms in total. The summed E-state index contributed by atoms with van der Waals surface area (Å²) in [5.74, 6) is 0. The number of pyridine rings is 1. The third-order valence-corrected chi connectivity index (χ3v) is 4.16. The van der Waals surface area contributed by atoms with E-state index in [1.165, 1.54) is 11.1 Å². The quantitative estimate of drug-likeness (QED) is 0.758. The van der Waals surface area contributed by atoms with Crippen molar-refractivity contribution in [1.29, 1.82) is 0 Å². The van der Waals surface area contributed by atoms with Gasteiger partial charge in [-0.15, -0.1) is 0 Å². The van der Waals surface area contributed by atoms with E-state index in [1.54, 1.807) is 6.20 Å². The standard InChI is InChI=1S/C15H16BrClN2/c1-3-14(11-6-4-10(2)5-7-11)19-12-8-13(16)15(17)18-9-12/h4-9,14,19H,3H2,1-2H3. The van der Waals surface area contributed by atoms with E-state index in [2.05, 4.69) is 64.3 Å². The first kappa shape index (κ1) is 14.4. The Morgan fingerprint density at radius 2 is 2.00 bits per heavy atom. The van der Waals surface area contributed by atoms with Crippen molar-refractivity contribution >= 4 is 33.2 Å². The number of nitrogens with one attached hydrogen (secondary N) is 1. The van der Waals surface area contributed by atoms with Gasteiger partial charge < -0.3 is 5.32 Å². The number of rotatable bonds is 4. The van der Waals surface area contributed by atoms with E-state index in [0.29, 0.717) is 5.15 Å². The summed E-state index contributed by atoms with van der Waals surface area (Å²) in [6, 6.07) is 10.8. The summed E-state index contributed by atoms with van der Waals surface area (Å²) >= 11 is 9.29. The minimum absolute atomic E-state index is 0.274.